The molecule has 4 heteroatoms. The summed E-state index contributed by atoms with van der Waals surface area (Å²) in [5.74, 6) is 2.03. The van der Waals surface area contributed by atoms with Gasteiger partial charge in [0.15, 0.2) is 6.61 Å². The summed E-state index contributed by atoms with van der Waals surface area (Å²) in [4.78, 5) is 14.3. The van der Waals surface area contributed by atoms with E-state index in [4.69, 9.17) is 10.00 Å². The fourth-order valence-electron chi connectivity index (χ4n) is 3.74. The highest BCUT2D eigenvalue weighted by molar-refractivity contribution is 5.78. The highest BCUT2D eigenvalue weighted by atomic mass is 16.5. The lowest BCUT2D eigenvalue weighted by Crippen LogP contribution is -2.46. The number of hydrogen-bond acceptors (Lipinski definition) is 3. The van der Waals surface area contributed by atoms with Gasteiger partial charge in [-0.3, -0.25) is 4.79 Å². The number of ether oxygens (including phenoxy) is 1. The lowest BCUT2D eigenvalue weighted by Gasteiger charge is -2.41. The molecule has 1 saturated heterocycles. The van der Waals surface area contributed by atoms with Gasteiger partial charge < -0.3 is 9.64 Å². The van der Waals surface area contributed by atoms with Crippen molar-refractivity contribution < 1.29 is 9.53 Å². The quantitative estimate of drug-likeness (QED) is 0.862. The molecule has 22 heavy (non-hydrogen) atoms. The van der Waals surface area contributed by atoms with Crippen LogP contribution in [0.3, 0.4) is 0 Å². The minimum Gasteiger partial charge on any atom is -0.482 e. The average Bonchev–Trinajstić information content (AvgIpc) is 2.59. The Hall–Kier alpha value is -2.02. The number of likely N-dealkylation sites (tertiary alicyclic amines) is 1. The molecule has 1 aromatic rings. The van der Waals surface area contributed by atoms with Gasteiger partial charge in [0.25, 0.3) is 5.91 Å². The third-order valence-electron chi connectivity index (χ3n) is 5.00. The van der Waals surface area contributed by atoms with Gasteiger partial charge in [0.1, 0.15) is 11.8 Å². The number of hydrogen-bond donors (Lipinski definition) is 0. The van der Waals surface area contributed by atoms with E-state index >= 15 is 0 Å². The maximum absolute atomic E-state index is 12.4. The molecule has 116 valence electrons. The van der Waals surface area contributed by atoms with Crippen molar-refractivity contribution >= 4 is 5.91 Å². The first-order chi connectivity index (χ1) is 10.8. The number of nitrogens with zero attached hydrogens (tertiary/aromatic N) is 2. The Morgan fingerprint density at radius 1 is 1.23 bits per heavy atom. The molecule has 2 aliphatic rings. The van der Waals surface area contributed by atoms with Crippen LogP contribution in [0.5, 0.6) is 5.75 Å². The van der Waals surface area contributed by atoms with Crippen LogP contribution in [0, 0.1) is 23.2 Å². The van der Waals surface area contributed by atoms with E-state index in [1.165, 1.54) is 25.7 Å². The van der Waals surface area contributed by atoms with Crippen molar-refractivity contribution in [2.45, 2.75) is 32.1 Å². The van der Waals surface area contributed by atoms with Crippen LogP contribution < -0.4 is 4.74 Å². The van der Waals surface area contributed by atoms with Gasteiger partial charge in [-0.15, -0.1) is 0 Å². The fourth-order valence-corrected chi connectivity index (χ4v) is 3.74. The summed E-state index contributed by atoms with van der Waals surface area (Å²) < 4.78 is 5.57. The van der Waals surface area contributed by atoms with Crippen LogP contribution in [-0.4, -0.2) is 30.5 Å². The normalized spacial score (nSPS) is 24.2. The van der Waals surface area contributed by atoms with Gasteiger partial charge >= 0.3 is 0 Å². The monoisotopic (exact) mass is 298 g/mol. The van der Waals surface area contributed by atoms with E-state index in [2.05, 4.69) is 6.07 Å². The molecule has 1 aliphatic carbocycles. The fraction of sp³-hybridized carbons (Fsp3) is 0.556. The van der Waals surface area contributed by atoms with Crippen LogP contribution in [0.2, 0.25) is 0 Å². The van der Waals surface area contributed by atoms with Crippen molar-refractivity contribution in [3.8, 4) is 11.8 Å². The van der Waals surface area contributed by atoms with Crippen LogP contribution in [0.25, 0.3) is 0 Å². The molecule has 0 radical (unpaired) electrons. The van der Waals surface area contributed by atoms with Gasteiger partial charge in [-0.2, -0.15) is 5.26 Å². The smallest absolute Gasteiger partial charge is 0.260 e. The number of benzene rings is 1. The summed E-state index contributed by atoms with van der Waals surface area (Å²) in [7, 11) is 0. The summed E-state index contributed by atoms with van der Waals surface area (Å²) in [6.07, 6.45) is 6.37. The Kier molecular flexibility index (Phi) is 4.62. The van der Waals surface area contributed by atoms with E-state index in [-0.39, 0.29) is 12.5 Å². The molecule has 0 unspecified atom stereocenters. The zero-order valence-corrected chi connectivity index (χ0v) is 12.8. The topological polar surface area (TPSA) is 53.3 Å². The second-order valence-corrected chi connectivity index (χ2v) is 6.33. The molecule has 0 bridgehead atoms. The van der Waals surface area contributed by atoms with E-state index in [0.29, 0.717) is 17.2 Å². The van der Waals surface area contributed by atoms with E-state index in [1.807, 2.05) is 11.0 Å². The number of amides is 1. The van der Waals surface area contributed by atoms with Crippen molar-refractivity contribution in [3.63, 3.8) is 0 Å². The number of para-hydroxylation sites is 1. The molecule has 2 fully saturated rings. The molecule has 1 saturated carbocycles. The van der Waals surface area contributed by atoms with Gasteiger partial charge in [-0.05, 0) is 36.8 Å². The van der Waals surface area contributed by atoms with Gasteiger partial charge in [0, 0.05) is 13.1 Å². The van der Waals surface area contributed by atoms with Crippen molar-refractivity contribution in [3.05, 3.63) is 29.8 Å². The number of fused-ring (bicyclic) bond motifs is 1. The van der Waals surface area contributed by atoms with E-state index in [1.54, 1.807) is 18.2 Å². The predicted octanol–water partition coefficient (Wildman–Crippen LogP) is 2.98. The van der Waals surface area contributed by atoms with Crippen LogP contribution in [0.4, 0.5) is 0 Å². The number of rotatable bonds is 3. The van der Waals surface area contributed by atoms with Gasteiger partial charge in [-0.1, -0.05) is 31.4 Å². The van der Waals surface area contributed by atoms with E-state index < -0.39 is 0 Å². The van der Waals surface area contributed by atoms with Gasteiger partial charge in [0.2, 0.25) is 0 Å². The Labute approximate surface area is 131 Å². The first-order valence-electron chi connectivity index (χ1n) is 8.17. The zero-order valence-electron chi connectivity index (χ0n) is 12.8. The number of carbonyl (C=O) groups is 1. The molecular weight excluding hydrogens is 276 g/mol. The summed E-state index contributed by atoms with van der Waals surface area (Å²) in [6, 6.07) is 9.13. The maximum atomic E-state index is 12.4. The summed E-state index contributed by atoms with van der Waals surface area (Å²) in [5.41, 5.74) is 0.473. The molecule has 2 atom stereocenters. The highest BCUT2D eigenvalue weighted by Gasteiger charge is 2.32. The van der Waals surface area contributed by atoms with Crippen molar-refractivity contribution in [1.82, 2.24) is 4.90 Å². The Morgan fingerprint density at radius 3 is 2.82 bits per heavy atom. The average molecular weight is 298 g/mol. The molecular formula is C18H22N2O2. The number of piperidine rings is 1. The Bertz CT molecular complexity index is 579. The SMILES string of the molecule is N#Cc1ccccc1OCC(=O)N1CC[C@H]2CCCC[C@@H]2C1. The maximum Gasteiger partial charge on any atom is 0.260 e. The summed E-state index contributed by atoms with van der Waals surface area (Å²) >= 11 is 0. The third-order valence-corrected chi connectivity index (χ3v) is 5.00. The molecule has 1 aliphatic heterocycles. The van der Waals surface area contributed by atoms with Crippen LogP contribution in [0.15, 0.2) is 24.3 Å². The van der Waals surface area contributed by atoms with Crippen molar-refractivity contribution in [2.24, 2.45) is 11.8 Å². The predicted molar refractivity (Wildman–Crippen MR) is 83.3 cm³/mol. The molecule has 0 N–H and O–H groups in total. The molecule has 1 heterocycles. The first kappa shape index (κ1) is 14.9. The number of carbonyl (C=O) groups excluding carboxylic acids is 1. The largest absolute Gasteiger partial charge is 0.482 e. The zero-order chi connectivity index (χ0) is 15.4. The van der Waals surface area contributed by atoms with Crippen LogP contribution >= 0.6 is 0 Å². The van der Waals surface area contributed by atoms with Crippen LogP contribution in [-0.2, 0) is 4.79 Å². The van der Waals surface area contributed by atoms with E-state index in [0.717, 1.165) is 25.4 Å². The molecule has 0 aromatic heterocycles. The van der Waals surface area contributed by atoms with E-state index in [9.17, 15) is 4.79 Å². The highest BCUT2D eigenvalue weighted by Crippen LogP contribution is 2.36. The minimum absolute atomic E-state index is 0.0239. The van der Waals surface area contributed by atoms with Crippen molar-refractivity contribution in [2.75, 3.05) is 19.7 Å². The standard InChI is InChI=1S/C18H22N2O2/c19-11-15-6-3-4-8-17(15)22-13-18(21)20-10-9-14-5-1-2-7-16(14)12-20/h3-4,6,8,14,16H,1-2,5,7,9-10,12-13H2/t14-,16-/m1/s1. The minimum atomic E-state index is 0.0239. The second-order valence-electron chi connectivity index (χ2n) is 6.33. The number of nitriles is 1. The molecule has 0 spiro atoms. The van der Waals surface area contributed by atoms with Gasteiger partial charge in [-0.25, -0.2) is 0 Å². The second kappa shape index (κ2) is 6.83. The lowest BCUT2D eigenvalue weighted by atomic mass is 9.75. The first-order valence-corrected chi connectivity index (χ1v) is 8.17. The Balaban J connectivity index is 1.55. The Morgan fingerprint density at radius 2 is 2.00 bits per heavy atom. The molecule has 3 rings (SSSR count). The lowest BCUT2D eigenvalue weighted by molar-refractivity contribution is -0.136. The van der Waals surface area contributed by atoms with Gasteiger partial charge in [0.05, 0.1) is 5.56 Å². The van der Waals surface area contributed by atoms with Crippen LogP contribution in [0.1, 0.15) is 37.7 Å². The van der Waals surface area contributed by atoms with Crippen molar-refractivity contribution in [1.29, 1.82) is 5.26 Å². The molecule has 1 amide bonds. The summed E-state index contributed by atoms with van der Waals surface area (Å²) in [6.45, 7) is 1.76. The molecule has 4 nitrogen and oxygen atoms in total. The molecule has 1 aromatic carbocycles. The third kappa shape index (κ3) is 3.24. The summed E-state index contributed by atoms with van der Waals surface area (Å²) in [5, 5.41) is 9.04.